The fourth-order valence-electron chi connectivity index (χ4n) is 3.98. The van der Waals surface area contributed by atoms with Crippen molar-refractivity contribution in [3.8, 4) is 0 Å². The van der Waals surface area contributed by atoms with Gasteiger partial charge in [0.1, 0.15) is 0 Å². The largest absolute Gasteiger partial charge is 0.284 e. The van der Waals surface area contributed by atoms with Gasteiger partial charge in [0.2, 0.25) is 5.91 Å². The molecular weight excluding hydrogens is 280 g/mol. The minimum absolute atomic E-state index is 0.139. The molecule has 5 heteroatoms. The molecule has 0 radical (unpaired) electrons. The van der Waals surface area contributed by atoms with E-state index in [2.05, 4.69) is 12.6 Å². The summed E-state index contributed by atoms with van der Waals surface area (Å²) in [5.74, 6) is -0.517. The summed E-state index contributed by atoms with van der Waals surface area (Å²) in [6, 6.07) is 7.99. The van der Waals surface area contributed by atoms with Gasteiger partial charge in [-0.15, -0.1) is 6.58 Å². The molecule has 0 unspecified atom stereocenters. The van der Waals surface area contributed by atoms with E-state index in [4.69, 9.17) is 4.84 Å². The Kier molecular flexibility index (Phi) is 2.96. The standard InChI is InChI=1S/C17H18N2O3/c1-3-6-10-9-19-14(12-8-5-4-7-11(10)12)13-15(22-19)17(21)18(2)16(13)20/h3-5,7-8,10,13-15H,1,6,9H2,2H3/t10-,13-,14-,15+/m0/s1. The van der Waals surface area contributed by atoms with Crippen LogP contribution < -0.4 is 0 Å². The Morgan fingerprint density at radius 3 is 2.73 bits per heavy atom. The summed E-state index contributed by atoms with van der Waals surface area (Å²) in [5.41, 5.74) is 2.34. The lowest BCUT2D eigenvalue weighted by Gasteiger charge is -2.36. The second kappa shape index (κ2) is 4.76. The van der Waals surface area contributed by atoms with Crippen LogP contribution in [0.25, 0.3) is 0 Å². The molecule has 3 aliphatic rings. The summed E-state index contributed by atoms with van der Waals surface area (Å²) in [4.78, 5) is 31.7. The summed E-state index contributed by atoms with van der Waals surface area (Å²) in [6.07, 6.45) is 2.08. The van der Waals surface area contributed by atoms with Crippen LogP contribution in [0.4, 0.5) is 0 Å². The predicted octanol–water partition coefficient (Wildman–Crippen LogP) is 1.63. The van der Waals surface area contributed by atoms with E-state index in [0.29, 0.717) is 6.54 Å². The van der Waals surface area contributed by atoms with Gasteiger partial charge in [-0.05, 0) is 17.5 Å². The molecule has 114 valence electrons. The quantitative estimate of drug-likeness (QED) is 0.615. The molecule has 0 spiro atoms. The highest BCUT2D eigenvalue weighted by Gasteiger charge is 2.60. The predicted molar refractivity (Wildman–Crippen MR) is 79.6 cm³/mol. The lowest BCUT2D eigenvalue weighted by Crippen LogP contribution is -2.39. The highest BCUT2D eigenvalue weighted by atomic mass is 16.7. The zero-order chi connectivity index (χ0) is 15.4. The van der Waals surface area contributed by atoms with Crippen molar-refractivity contribution >= 4 is 11.8 Å². The zero-order valence-electron chi connectivity index (χ0n) is 12.4. The smallest absolute Gasteiger partial charge is 0.261 e. The van der Waals surface area contributed by atoms with Crippen LogP contribution in [-0.2, 0) is 14.4 Å². The van der Waals surface area contributed by atoms with E-state index in [0.717, 1.165) is 12.0 Å². The van der Waals surface area contributed by atoms with Gasteiger partial charge in [-0.3, -0.25) is 19.3 Å². The number of nitrogens with zero attached hydrogens (tertiary/aromatic N) is 2. The number of hydrogen-bond donors (Lipinski definition) is 0. The normalized spacial score (nSPS) is 33.6. The third-order valence-corrected chi connectivity index (χ3v) is 5.02. The Morgan fingerprint density at radius 1 is 1.27 bits per heavy atom. The molecule has 0 N–H and O–H groups in total. The third kappa shape index (κ3) is 1.66. The van der Waals surface area contributed by atoms with Crippen molar-refractivity contribution in [2.24, 2.45) is 5.92 Å². The Labute approximate surface area is 129 Å². The second-order valence-electron chi connectivity index (χ2n) is 6.18. The molecule has 0 bridgehead atoms. The first-order chi connectivity index (χ1) is 10.6. The van der Waals surface area contributed by atoms with Gasteiger partial charge < -0.3 is 0 Å². The molecule has 0 saturated carbocycles. The number of rotatable bonds is 2. The van der Waals surface area contributed by atoms with Crippen molar-refractivity contribution in [2.45, 2.75) is 24.5 Å². The first-order valence-corrected chi connectivity index (χ1v) is 7.58. The number of carbonyl (C=O) groups excluding carboxylic acids is 2. The number of imide groups is 1. The van der Waals surface area contributed by atoms with Crippen molar-refractivity contribution < 1.29 is 14.4 Å². The van der Waals surface area contributed by atoms with E-state index in [1.807, 2.05) is 29.3 Å². The number of benzene rings is 1. The monoisotopic (exact) mass is 298 g/mol. The first-order valence-electron chi connectivity index (χ1n) is 7.58. The maximum atomic E-state index is 12.5. The number of likely N-dealkylation sites (tertiary alicyclic amines) is 1. The minimum atomic E-state index is -0.668. The molecule has 1 aromatic rings. The molecule has 5 nitrogen and oxygen atoms in total. The summed E-state index contributed by atoms with van der Waals surface area (Å²) in [6.45, 7) is 4.52. The topological polar surface area (TPSA) is 49.9 Å². The minimum Gasteiger partial charge on any atom is -0.284 e. The molecule has 0 aliphatic carbocycles. The fourth-order valence-corrected chi connectivity index (χ4v) is 3.98. The lowest BCUT2D eigenvalue weighted by molar-refractivity contribution is -0.182. The molecule has 1 aromatic carbocycles. The molecule has 2 fully saturated rings. The van der Waals surface area contributed by atoms with Crippen LogP contribution >= 0.6 is 0 Å². The fraction of sp³-hybridized carbons (Fsp3) is 0.412. The van der Waals surface area contributed by atoms with Crippen LogP contribution in [0.1, 0.15) is 29.5 Å². The Balaban J connectivity index is 1.80. The third-order valence-electron chi connectivity index (χ3n) is 5.02. The zero-order valence-corrected chi connectivity index (χ0v) is 12.4. The van der Waals surface area contributed by atoms with E-state index in [9.17, 15) is 9.59 Å². The molecule has 3 aliphatic heterocycles. The summed E-state index contributed by atoms with van der Waals surface area (Å²) in [7, 11) is 1.53. The molecule has 2 amide bonds. The maximum absolute atomic E-state index is 12.5. The van der Waals surface area contributed by atoms with E-state index in [1.165, 1.54) is 17.5 Å². The van der Waals surface area contributed by atoms with Crippen LogP contribution in [0.15, 0.2) is 36.9 Å². The van der Waals surface area contributed by atoms with Crippen LogP contribution in [0, 0.1) is 5.92 Å². The van der Waals surface area contributed by atoms with Gasteiger partial charge in [-0.25, -0.2) is 0 Å². The van der Waals surface area contributed by atoms with Gasteiger partial charge in [-0.1, -0.05) is 30.3 Å². The molecule has 22 heavy (non-hydrogen) atoms. The van der Waals surface area contributed by atoms with E-state index >= 15 is 0 Å². The van der Waals surface area contributed by atoms with Gasteiger partial charge in [0.25, 0.3) is 5.91 Å². The van der Waals surface area contributed by atoms with Crippen molar-refractivity contribution in [1.82, 2.24) is 9.96 Å². The molecule has 4 rings (SSSR count). The molecule has 3 heterocycles. The average Bonchev–Trinajstić information content (AvgIpc) is 3.00. The molecule has 2 saturated heterocycles. The Hall–Kier alpha value is -1.98. The van der Waals surface area contributed by atoms with Crippen LogP contribution in [0.2, 0.25) is 0 Å². The number of amides is 2. The van der Waals surface area contributed by atoms with Gasteiger partial charge >= 0.3 is 0 Å². The molecule has 0 aromatic heterocycles. The van der Waals surface area contributed by atoms with Crippen molar-refractivity contribution in [1.29, 1.82) is 0 Å². The number of carbonyl (C=O) groups is 2. The van der Waals surface area contributed by atoms with E-state index in [1.54, 1.807) is 0 Å². The Bertz CT molecular complexity index is 672. The summed E-state index contributed by atoms with van der Waals surface area (Å²) >= 11 is 0. The van der Waals surface area contributed by atoms with Crippen LogP contribution in [0.5, 0.6) is 0 Å². The van der Waals surface area contributed by atoms with Crippen LogP contribution in [-0.4, -0.2) is 41.5 Å². The average molecular weight is 298 g/mol. The molecule has 4 atom stereocenters. The highest BCUT2D eigenvalue weighted by Crippen LogP contribution is 2.49. The van der Waals surface area contributed by atoms with Gasteiger partial charge in [0.05, 0.1) is 12.0 Å². The maximum Gasteiger partial charge on any atom is 0.261 e. The van der Waals surface area contributed by atoms with Gasteiger partial charge in [0.15, 0.2) is 6.10 Å². The van der Waals surface area contributed by atoms with Crippen molar-refractivity contribution in [3.63, 3.8) is 0 Å². The van der Waals surface area contributed by atoms with E-state index in [-0.39, 0.29) is 23.8 Å². The summed E-state index contributed by atoms with van der Waals surface area (Å²) in [5, 5.41) is 1.84. The first kappa shape index (κ1) is 13.7. The Morgan fingerprint density at radius 2 is 2.00 bits per heavy atom. The molecular formula is C17H18N2O3. The SMILES string of the molecule is C=CC[C@H]1CN2O[C@H]3C(=O)N(C)C(=O)[C@H]3[C@@H]2c2ccccc21. The number of fused-ring (bicyclic) bond motifs is 5. The van der Waals surface area contributed by atoms with Crippen molar-refractivity contribution in [3.05, 3.63) is 48.0 Å². The van der Waals surface area contributed by atoms with Crippen LogP contribution in [0.3, 0.4) is 0 Å². The number of allylic oxidation sites excluding steroid dienone is 1. The number of hydroxylamine groups is 2. The van der Waals surface area contributed by atoms with Crippen molar-refractivity contribution in [2.75, 3.05) is 13.6 Å². The van der Waals surface area contributed by atoms with Gasteiger partial charge in [-0.2, -0.15) is 5.06 Å². The number of likely N-dealkylation sites (N-methyl/N-ethyl adjacent to an activating group) is 1. The van der Waals surface area contributed by atoms with Gasteiger partial charge in [0, 0.05) is 19.5 Å². The second-order valence-corrected chi connectivity index (χ2v) is 6.18. The highest BCUT2D eigenvalue weighted by molar-refractivity contribution is 6.07. The number of hydrogen-bond acceptors (Lipinski definition) is 4. The lowest BCUT2D eigenvalue weighted by atomic mass is 9.80. The summed E-state index contributed by atoms with van der Waals surface area (Å²) < 4.78 is 0. The van der Waals surface area contributed by atoms with E-state index < -0.39 is 12.0 Å².